The number of carboxylic acid groups (broad SMARTS) is 1. The Bertz CT molecular complexity index is 3960. The van der Waals surface area contributed by atoms with Gasteiger partial charge in [-0.2, -0.15) is 4.31 Å². The van der Waals surface area contributed by atoms with Crippen molar-refractivity contribution < 1.29 is 95.7 Å². The number of ether oxygens (including phenoxy) is 7. The maximum atomic E-state index is 13.5. The molecule has 14 rings (SSSR count). The Morgan fingerprint density at radius 3 is 1.81 bits per heavy atom. The molecule has 108 heavy (non-hydrogen) atoms. The molecule has 4 saturated carbocycles. The smallest absolute Gasteiger partial charge is 0.335 e. The number of piperidine rings is 1. The first-order valence-electron chi connectivity index (χ1n) is 39.2. The van der Waals surface area contributed by atoms with Crippen LogP contribution in [-0.4, -0.2) is 206 Å². The Morgan fingerprint density at radius 2 is 1.26 bits per heavy atom. The first-order valence-corrected chi connectivity index (χ1v) is 40.7. The molecule has 9 aliphatic rings. The van der Waals surface area contributed by atoms with Gasteiger partial charge in [-0.25, -0.2) is 31.6 Å². The SMILES string of the molecule is CCCN(CCC)S(=O)(=O)c1ccc(C(=O)O)cc1.C[C@H]1O[C@@H](O[C@H]2[C@@H](O)C[C@H](O[C@H]3[C@@H](O)C[C@H](O[C@H]4CC[C@@]5(C)[C@H](CC[C@@H]6[C@@H]5C[C@@H](O)[C@]5(C)[C@@H](C7=CC(=O)OC7)CC[C@]65O)C4)O[C@@H]3C)O[C@@H]2C)C[C@H](O)[C@@H]1O.O=c1[nH]c2ccccc2n1C1CCN(CCCC(c2ccc(F)cc2)c2ccc(F)cc2)CC1. The van der Waals surface area contributed by atoms with Crippen LogP contribution < -0.4 is 5.69 Å². The van der Waals surface area contributed by atoms with E-state index in [2.05, 4.69) is 16.8 Å². The zero-order valence-corrected chi connectivity index (χ0v) is 64.0. The number of H-pyrrole nitrogens is 1. The fraction of sp³-hybridized carbons (Fsp3) is 0.646. The van der Waals surface area contributed by atoms with Crippen molar-refractivity contribution in [3.05, 3.63) is 148 Å². The van der Waals surface area contributed by atoms with Crippen molar-refractivity contribution in [2.75, 3.05) is 39.3 Å². The van der Waals surface area contributed by atoms with Gasteiger partial charge in [0, 0.05) is 68.9 Å². The molecule has 5 aromatic rings. The highest BCUT2D eigenvalue weighted by Gasteiger charge is 2.71. The van der Waals surface area contributed by atoms with E-state index in [9.17, 15) is 62.2 Å². The number of carbonyl (C=O) groups excluding carboxylic acids is 1. The van der Waals surface area contributed by atoms with Crippen LogP contribution in [0, 0.1) is 46.1 Å². The summed E-state index contributed by atoms with van der Waals surface area (Å²) in [5.74, 6) is -1.26. The number of aromatic carboxylic acids is 1. The molecule has 1 aromatic heterocycles. The highest BCUT2D eigenvalue weighted by molar-refractivity contribution is 7.89. The molecule has 4 aliphatic carbocycles. The van der Waals surface area contributed by atoms with Crippen molar-refractivity contribution in [3.8, 4) is 0 Å². The van der Waals surface area contributed by atoms with Gasteiger partial charge in [0.25, 0.3) is 0 Å². The number of carboxylic acids is 1. The number of nitrogens with one attached hydrogen (secondary N) is 1. The second-order valence-electron chi connectivity index (χ2n) is 32.2. The molecule has 4 saturated heterocycles. The van der Waals surface area contributed by atoms with Crippen molar-refractivity contribution in [1.82, 2.24) is 18.8 Å². The number of carbonyl (C=O) groups is 2. The lowest BCUT2D eigenvalue weighted by Crippen LogP contribution is -2.67. The van der Waals surface area contributed by atoms with Gasteiger partial charge >= 0.3 is 17.6 Å². The largest absolute Gasteiger partial charge is 0.478 e. The number of likely N-dealkylation sites (tertiary alicyclic amines) is 1. The van der Waals surface area contributed by atoms with Crippen LogP contribution in [0.15, 0.2) is 118 Å². The summed E-state index contributed by atoms with van der Waals surface area (Å²) < 4.78 is 97.1. The molecule has 0 amide bonds. The Balaban J connectivity index is 0.000000174. The number of cyclic esters (lactones) is 1. The van der Waals surface area contributed by atoms with E-state index in [4.69, 9.17) is 38.3 Å². The molecule has 23 nitrogen and oxygen atoms in total. The first-order chi connectivity index (χ1) is 51.5. The monoisotopic (exact) mass is 1530 g/mol. The zero-order chi connectivity index (χ0) is 77.1. The van der Waals surface area contributed by atoms with Gasteiger partial charge in [0.1, 0.15) is 36.6 Å². The highest BCUT2D eigenvalue weighted by atomic mass is 32.2. The molecule has 0 unspecified atom stereocenters. The van der Waals surface area contributed by atoms with E-state index in [0.717, 1.165) is 124 Å². The topological polar surface area (TPSA) is 319 Å². The van der Waals surface area contributed by atoms with Crippen LogP contribution in [-0.2, 0) is 48.0 Å². The Morgan fingerprint density at radius 1 is 0.685 bits per heavy atom. The van der Waals surface area contributed by atoms with Crippen LogP contribution in [0.4, 0.5) is 8.78 Å². The number of imidazole rings is 1. The molecule has 6 heterocycles. The number of hydrogen-bond donors (Lipinski definition) is 8. The van der Waals surface area contributed by atoms with Gasteiger partial charge in [0.2, 0.25) is 10.0 Å². The van der Waals surface area contributed by atoms with E-state index >= 15 is 0 Å². The van der Waals surface area contributed by atoms with Gasteiger partial charge in [0.15, 0.2) is 18.9 Å². The predicted molar refractivity (Wildman–Crippen MR) is 396 cm³/mol. The summed E-state index contributed by atoms with van der Waals surface area (Å²) in [6.07, 6.45) is 3.75. The van der Waals surface area contributed by atoms with E-state index in [1.807, 2.05) is 80.8 Å². The number of aromatic amines is 1. The maximum Gasteiger partial charge on any atom is 0.335 e. The predicted octanol–water partition coefficient (Wildman–Crippen LogP) is 10.3. The number of halogens is 2. The summed E-state index contributed by atoms with van der Waals surface area (Å²) in [6, 6.07) is 26.7. The van der Waals surface area contributed by atoms with Gasteiger partial charge in [-0.1, -0.05) is 64.1 Å². The van der Waals surface area contributed by atoms with Crippen molar-refractivity contribution in [3.63, 3.8) is 0 Å². The molecule has 0 spiro atoms. The van der Waals surface area contributed by atoms with E-state index in [1.165, 1.54) is 52.8 Å². The molecule has 594 valence electrons. The van der Waals surface area contributed by atoms with Crippen LogP contribution in [0.2, 0.25) is 0 Å². The van der Waals surface area contributed by atoms with Crippen molar-refractivity contribution in [2.24, 2.45) is 34.5 Å². The molecule has 0 radical (unpaired) electrons. The molecular weight excluding hydrogens is 1410 g/mol. The van der Waals surface area contributed by atoms with Crippen LogP contribution in [0.5, 0.6) is 0 Å². The minimum absolute atomic E-state index is 0.0268. The lowest BCUT2D eigenvalue weighted by Gasteiger charge is -2.65. The molecule has 4 aromatic carbocycles. The minimum Gasteiger partial charge on any atom is -0.478 e. The third-order valence-corrected chi connectivity index (χ3v) is 27.6. The molecular formula is C82H112F2N4O19S. The Kier molecular flexibility index (Phi) is 26.1. The van der Waals surface area contributed by atoms with E-state index in [1.54, 1.807) is 19.9 Å². The number of sulfonamides is 1. The standard InChI is InChI=1S/C41H64O14.C28H29F2N3O.C13H19NO4S/c1-19-36(47)28(42)15-34(50-19)54-38-21(3)52-35(17-30(38)44)55-37-20(2)51-33(16-29(37)43)53-24-8-10-39(4)23(13-24)6-7-26-27(39)14-31(45)40(5)25(9-11-41(26,40)48)22-12-32(46)49-18-22;29-22-11-7-20(8-12-22)25(21-9-13-23(30)14-10-21)4-3-17-32-18-15-24(16-19-32)33-27-6-2-1-5-26(27)31-28(33)34;1-3-9-14(10-4-2)19(17,18)12-7-5-11(6-8-12)13(15)16/h12,19-21,23-31,33-38,42-45,47-48H,6-11,13-18H2,1-5H3;1-2,5-14,24-25H,3-4,15-19H2,(H,31,34);5-8H,3-4,9-10H2,1-2H3,(H,15,16)/t19-,20-,21-,23-,24+,25-,26-,27+,28+,29+,30+,31-,33+,34+,35+,36-,37-,38-,39+,40+,41+;;/m1../s1. The third kappa shape index (κ3) is 17.3. The summed E-state index contributed by atoms with van der Waals surface area (Å²) in [7, 11) is -3.53. The molecule has 26 heteroatoms. The van der Waals surface area contributed by atoms with Crippen LogP contribution >= 0.6 is 0 Å². The Labute approximate surface area is 631 Å². The average molecular weight is 1530 g/mol. The number of nitrogens with zero attached hydrogens (tertiary/aromatic N) is 3. The number of para-hydroxylation sites is 2. The minimum atomic E-state index is -3.53. The van der Waals surface area contributed by atoms with Crippen molar-refractivity contribution in [2.45, 2.75) is 266 Å². The maximum absolute atomic E-state index is 13.5. The summed E-state index contributed by atoms with van der Waals surface area (Å²) in [5, 5.41) is 75.7. The lowest BCUT2D eigenvalue weighted by molar-refractivity contribution is -0.336. The van der Waals surface area contributed by atoms with Crippen molar-refractivity contribution >= 4 is 33.0 Å². The van der Waals surface area contributed by atoms with E-state index in [-0.39, 0.29) is 101 Å². The molecule has 8 N–H and O–H groups in total. The number of aromatic nitrogens is 2. The number of rotatable bonds is 21. The number of hydrogen-bond acceptors (Lipinski definition) is 19. The summed E-state index contributed by atoms with van der Waals surface area (Å²) in [4.78, 5) is 40.8. The summed E-state index contributed by atoms with van der Waals surface area (Å²) in [6.45, 7) is 17.6. The number of esters is 1. The normalized spacial score (nSPS) is 35.2. The first kappa shape index (κ1) is 81.6. The third-order valence-electron chi connectivity index (χ3n) is 25.7. The molecule has 21 atom stereocenters. The van der Waals surface area contributed by atoms with E-state index < -0.39 is 107 Å². The number of fused-ring (bicyclic) bond motifs is 6. The molecule has 0 bridgehead atoms. The number of aliphatic hydroxyl groups excluding tert-OH is 5. The molecule has 8 fully saturated rings. The van der Waals surface area contributed by atoms with Gasteiger partial charge in [-0.05, 0) is 224 Å². The zero-order valence-electron chi connectivity index (χ0n) is 63.2. The van der Waals surface area contributed by atoms with Gasteiger partial charge in [-0.15, -0.1) is 0 Å². The van der Waals surface area contributed by atoms with Gasteiger partial charge in [0.05, 0.1) is 75.9 Å². The van der Waals surface area contributed by atoms with Gasteiger partial charge in [-0.3, -0.25) is 4.57 Å². The number of benzene rings is 4. The highest BCUT2D eigenvalue weighted by Crippen LogP contribution is 2.70. The Hall–Kier alpha value is -5.92. The average Bonchev–Trinajstić information content (AvgIpc) is 1.44. The number of aliphatic hydroxyl groups is 6. The quantitative estimate of drug-likeness (QED) is 0.0250. The fourth-order valence-electron chi connectivity index (χ4n) is 19.8. The van der Waals surface area contributed by atoms with Crippen LogP contribution in [0.3, 0.4) is 0 Å². The van der Waals surface area contributed by atoms with Crippen LogP contribution in [0.25, 0.3) is 11.0 Å². The van der Waals surface area contributed by atoms with Gasteiger partial charge < -0.3 is 78.8 Å². The molecule has 5 aliphatic heterocycles. The summed E-state index contributed by atoms with van der Waals surface area (Å²) >= 11 is 0. The lowest BCUT2D eigenvalue weighted by atomic mass is 9.42. The van der Waals surface area contributed by atoms with E-state index in [0.29, 0.717) is 31.8 Å². The second kappa shape index (κ2) is 34.6. The summed E-state index contributed by atoms with van der Waals surface area (Å²) in [5.41, 5.74) is 3.13. The second-order valence-corrected chi connectivity index (χ2v) is 34.2. The van der Waals surface area contributed by atoms with Crippen molar-refractivity contribution in [1.29, 1.82) is 0 Å². The van der Waals surface area contributed by atoms with Crippen LogP contribution in [0.1, 0.15) is 191 Å². The fourth-order valence-corrected chi connectivity index (χ4v) is 21.4.